The Morgan fingerprint density at radius 1 is 1.14 bits per heavy atom. The molecule has 2 aromatic carbocycles. The number of rotatable bonds is 4. The summed E-state index contributed by atoms with van der Waals surface area (Å²) in [5, 5.41) is 10.0. The van der Waals surface area contributed by atoms with Crippen LogP contribution < -0.4 is 14.4 Å². The van der Waals surface area contributed by atoms with Crippen molar-refractivity contribution in [2.75, 3.05) is 38.2 Å². The number of ether oxygens (including phenoxy) is 3. The lowest BCUT2D eigenvalue weighted by Gasteiger charge is -2.37. The molecule has 0 atom stereocenters. The highest BCUT2D eigenvalue weighted by molar-refractivity contribution is 6.32. The lowest BCUT2D eigenvalue weighted by Crippen LogP contribution is -2.50. The number of carbonyl (C=O) groups is 1. The smallest absolute Gasteiger partial charge is 0.410 e. The van der Waals surface area contributed by atoms with E-state index in [0.29, 0.717) is 31.9 Å². The van der Waals surface area contributed by atoms with Crippen LogP contribution in [0.4, 0.5) is 19.3 Å². The van der Waals surface area contributed by atoms with Gasteiger partial charge in [0.25, 0.3) is 0 Å². The van der Waals surface area contributed by atoms with Crippen LogP contribution in [-0.2, 0) is 4.74 Å². The minimum Gasteiger partial charge on any atom is -0.493 e. The maximum atomic E-state index is 14.9. The molecule has 0 N–H and O–H groups in total. The van der Waals surface area contributed by atoms with Gasteiger partial charge < -0.3 is 24.0 Å². The van der Waals surface area contributed by atoms with E-state index in [4.69, 9.17) is 25.8 Å². The Labute approximate surface area is 217 Å². The number of piperazine rings is 1. The van der Waals surface area contributed by atoms with Crippen molar-refractivity contribution < 1.29 is 27.8 Å². The van der Waals surface area contributed by atoms with Crippen LogP contribution in [0.25, 0.3) is 10.9 Å². The van der Waals surface area contributed by atoms with Crippen LogP contribution in [0, 0.1) is 23.0 Å². The van der Waals surface area contributed by atoms with Crippen LogP contribution in [0.2, 0.25) is 5.15 Å². The SMILES string of the molecule is COc1cccc(F)c1Oc1cc(F)cc2c(N3CCN(C(=O)OC(C)(C)C)CC3)c(C#N)c(Cl)nc12. The molecule has 1 amide bonds. The lowest BCUT2D eigenvalue weighted by molar-refractivity contribution is 0.0240. The van der Waals surface area contributed by atoms with Gasteiger partial charge in [-0.25, -0.2) is 18.6 Å². The average molecular weight is 531 g/mol. The van der Waals surface area contributed by atoms with Crippen LogP contribution in [-0.4, -0.2) is 54.9 Å². The lowest BCUT2D eigenvalue weighted by atomic mass is 10.1. The number of pyridine rings is 1. The summed E-state index contributed by atoms with van der Waals surface area (Å²) >= 11 is 6.39. The van der Waals surface area contributed by atoms with E-state index in [0.717, 1.165) is 6.07 Å². The summed E-state index contributed by atoms with van der Waals surface area (Å²) in [4.78, 5) is 20.2. The molecule has 2 heterocycles. The van der Waals surface area contributed by atoms with Crippen molar-refractivity contribution in [3.05, 3.63) is 52.7 Å². The maximum Gasteiger partial charge on any atom is 0.410 e. The number of fused-ring (bicyclic) bond motifs is 1. The third kappa shape index (κ3) is 5.47. The van der Waals surface area contributed by atoms with Crippen LogP contribution in [0.15, 0.2) is 30.3 Å². The molecule has 4 rings (SSSR count). The van der Waals surface area contributed by atoms with Gasteiger partial charge in [0.1, 0.15) is 33.7 Å². The van der Waals surface area contributed by atoms with E-state index >= 15 is 0 Å². The predicted molar refractivity (Wildman–Crippen MR) is 134 cm³/mol. The number of aromatic nitrogens is 1. The number of para-hydroxylation sites is 1. The molecule has 0 bridgehead atoms. The number of hydrogen-bond donors (Lipinski definition) is 0. The molecule has 1 aromatic heterocycles. The van der Waals surface area contributed by atoms with Gasteiger partial charge in [-0.2, -0.15) is 5.26 Å². The Hall–Kier alpha value is -3.84. The van der Waals surface area contributed by atoms with Gasteiger partial charge in [-0.15, -0.1) is 0 Å². The number of nitriles is 1. The molecule has 1 saturated heterocycles. The normalized spacial score (nSPS) is 13.9. The minimum atomic E-state index is -0.713. The number of methoxy groups -OCH3 is 1. The Bertz CT molecular complexity index is 1400. The average Bonchev–Trinajstić information content (AvgIpc) is 2.84. The van der Waals surface area contributed by atoms with Crippen molar-refractivity contribution in [3.63, 3.8) is 0 Å². The van der Waals surface area contributed by atoms with Gasteiger partial charge in [-0.1, -0.05) is 17.7 Å². The maximum absolute atomic E-state index is 14.9. The molecule has 3 aromatic rings. The molecular weight excluding hydrogens is 506 g/mol. The summed E-state index contributed by atoms with van der Waals surface area (Å²) < 4.78 is 45.8. The Morgan fingerprint density at radius 3 is 2.46 bits per heavy atom. The molecule has 194 valence electrons. The molecule has 1 aliphatic rings. The highest BCUT2D eigenvalue weighted by Gasteiger charge is 2.29. The Kier molecular flexibility index (Phi) is 7.28. The fraction of sp³-hybridized carbons (Fsp3) is 0.346. The summed E-state index contributed by atoms with van der Waals surface area (Å²) in [5.74, 6) is -1.63. The molecule has 0 spiro atoms. The highest BCUT2D eigenvalue weighted by Crippen LogP contribution is 2.42. The summed E-state index contributed by atoms with van der Waals surface area (Å²) in [5.41, 5.74) is -0.0855. The van der Waals surface area contributed by atoms with E-state index in [2.05, 4.69) is 4.98 Å². The third-order valence-corrected chi connectivity index (χ3v) is 5.94. The summed E-state index contributed by atoms with van der Waals surface area (Å²) in [6, 6.07) is 8.48. The van der Waals surface area contributed by atoms with Gasteiger partial charge in [0.15, 0.2) is 17.3 Å². The second kappa shape index (κ2) is 10.3. The summed E-state index contributed by atoms with van der Waals surface area (Å²) in [6.07, 6.45) is -0.439. The fourth-order valence-corrected chi connectivity index (χ4v) is 4.28. The van der Waals surface area contributed by atoms with Gasteiger partial charge in [0, 0.05) is 37.6 Å². The number of hydrogen-bond acceptors (Lipinski definition) is 7. The number of benzene rings is 2. The molecule has 8 nitrogen and oxygen atoms in total. The number of nitrogens with zero attached hydrogens (tertiary/aromatic N) is 4. The zero-order valence-electron chi connectivity index (χ0n) is 20.8. The topological polar surface area (TPSA) is 87.9 Å². The number of anilines is 1. The molecule has 0 aliphatic carbocycles. The predicted octanol–water partition coefficient (Wildman–Crippen LogP) is 5.90. The number of amides is 1. The first-order valence-electron chi connectivity index (χ1n) is 11.5. The largest absolute Gasteiger partial charge is 0.493 e. The standard InChI is InChI=1S/C26H25ClF2N4O4/c1-26(2,3)37-25(34)33-10-8-32(9-11-33)22-16-12-15(28)13-20(21(16)31-24(27)17(22)14-30)36-23-18(29)6-5-7-19(23)35-4/h5-7,12-13H,8-11H2,1-4H3. The van der Waals surface area contributed by atoms with Crippen molar-refractivity contribution >= 4 is 34.3 Å². The van der Waals surface area contributed by atoms with Gasteiger partial charge >= 0.3 is 6.09 Å². The van der Waals surface area contributed by atoms with E-state index in [1.807, 2.05) is 11.0 Å². The van der Waals surface area contributed by atoms with E-state index in [-0.39, 0.29) is 38.9 Å². The first kappa shape index (κ1) is 26.2. The zero-order valence-corrected chi connectivity index (χ0v) is 21.5. The minimum absolute atomic E-state index is 0.0555. The molecule has 1 fully saturated rings. The van der Waals surface area contributed by atoms with E-state index in [9.17, 15) is 18.8 Å². The molecular formula is C26H25ClF2N4O4. The monoisotopic (exact) mass is 530 g/mol. The second-order valence-corrected chi connectivity index (χ2v) is 9.72. The Morgan fingerprint density at radius 2 is 1.84 bits per heavy atom. The van der Waals surface area contributed by atoms with Crippen molar-refractivity contribution in [1.29, 1.82) is 5.26 Å². The van der Waals surface area contributed by atoms with E-state index in [1.165, 1.54) is 31.4 Å². The van der Waals surface area contributed by atoms with Gasteiger partial charge in [0.2, 0.25) is 5.75 Å². The van der Waals surface area contributed by atoms with E-state index in [1.54, 1.807) is 25.7 Å². The number of carbonyl (C=O) groups excluding carboxylic acids is 1. The molecule has 0 saturated carbocycles. The first-order valence-corrected chi connectivity index (χ1v) is 11.9. The summed E-state index contributed by atoms with van der Waals surface area (Å²) in [6.45, 7) is 6.65. The van der Waals surface area contributed by atoms with Crippen LogP contribution in [0.3, 0.4) is 0 Å². The molecule has 0 unspecified atom stereocenters. The highest BCUT2D eigenvalue weighted by atomic mass is 35.5. The fourth-order valence-electron chi connectivity index (χ4n) is 4.06. The molecule has 37 heavy (non-hydrogen) atoms. The first-order chi connectivity index (χ1) is 17.5. The van der Waals surface area contributed by atoms with Gasteiger partial charge in [-0.05, 0) is 39.0 Å². The van der Waals surface area contributed by atoms with Gasteiger partial charge in [-0.3, -0.25) is 0 Å². The van der Waals surface area contributed by atoms with Crippen molar-refractivity contribution in [3.8, 4) is 23.3 Å². The van der Waals surface area contributed by atoms with Crippen LogP contribution in [0.5, 0.6) is 17.2 Å². The van der Waals surface area contributed by atoms with Crippen LogP contribution in [0.1, 0.15) is 26.3 Å². The molecule has 11 heteroatoms. The Balaban J connectivity index is 1.76. The number of halogens is 3. The van der Waals surface area contributed by atoms with Crippen molar-refractivity contribution in [2.24, 2.45) is 0 Å². The third-order valence-electron chi connectivity index (χ3n) is 5.67. The quantitative estimate of drug-likeness (QED) is 0.388. The van der Waals surface area contributed by atoms with Crippen LogP contribution >= 0.6 is 11.6 Å². The summed E-state index contributed by atoms with van der Waals surface area (Å²) in [7, 11) is 1.36. The van der Waals surface area contributed by atoms with E-state index < -0.39 is 23.3 Å². The van der Waals surface area contributed by atoms with Gasteiger partial charge in [0.05, 0.1) is 12.8 Å². The second-order valence-electron chi connectivity index (χ2n) is 9.37. The van der Waals surface area contributed by atoms with Crippen molar-refractivity contribution in [2.45, 2.75) is 26.4 Å². The molecule has 1 aliphatic heterocycles. The zero-order chi connectivity index (χ0) is 26.9. The van der Waals surface area contributed by atoms with Crippen molar-refractivity contribution in [1.82, 2.24) is 9.88 Å². The molecule has 0 radical (unpaired) electrons.